The first-order valence-corrected chi connectivity index (χ1v) is 7.32. The first kappa shape index (κ1) is 16.7. The summed E-state index contributed by atoms with van der Waals surface area (Å²) in [5.41, 5.74) is 0.735. The minimum atomic E-state index is -0.296. The fourth-order valence-electron chi connectivity index (χ4n) is 2.14. The van der Waals surface area contributed by atoms with Crippen LogP contribution in [0.15, 0.2) is 42.5 Å². The van der Waals surface area contributed by atoms with Gasteiger partial charge in [0.05, 0.1) is 27.2 Å². The number of para-hydroxylation sites is 2. The third-order valence-electron chi connectivity index (χ3n) is 3.21. The summed E-state index contributed by atoms with van der Waals surface area (Å²) in [6.45, 7) is 2.13. The molecule has 2 aromatic rings. The van der Waals surface area contributed by atoms with Crippen LogP contribution in [0.1, 0.15) is 12.5 Å². The fraction of sp³-hybridized carbons (Fsp3) is 0.278. The lowest BCUT2D eigenvalue weighted by Crippen LogP contribution is -2.08. The Labute approximate surface area is 135 Å². The third kappa shape index (κ3) is 4.16. The Bertz CT molecular complexity index is 644. The monoisotopic (exact) mass is 316 g/mol. The number of carbonyl (C=O) groups excluding carboxylic acids is 1. The highest BCUT2D eigenvalue weighted by molar-refractivity contribution is 5.73. The van der Waals surface area contributed by atoms with E-state index in [0.717, 1.165) is 5.56 Å². The molecule has 0 fully saturated rings. The van der Waals surface area contributed by atoms with E-state index in [1.807, 2.05) is 24.3 Å². The van der Waals surface area contributed by atoms with Crippen LogP contribution in [0.5, 0.6) is 23.0 Å². The molecule has 5 heteroatoms. The number of hydrogen-bond donors (Lipinski definition) is 0. The van der Waals surface area contributed by atoms with Crippen molar-refractivity contribution in [3.8, 4) is 23.0 Å². The number of methoxy groups -OCH3 is 2. The molecule has 2 aromatic carbocycles. The van der Waals surface area contributed by atoms with Crippen molar-refractivity contribution in [2.75, 3.05) is 20.8 Å². The molecule has 23 heavy (non-hydrogen) atoms. The van der Waals surface area contributed by atoms with Gasteiger partial charge in [0, 0.05) is 5.56 Å². The molecular formula is C18H20O5. The Balaban J connectivity index is 2.32. The van der Waals surface area contributed by atoms with Crippen LogP contribution in [0.4, 0.5) is 0 Å². The van der Waals surface area contributed by atoms with Crippen molar-refractivity contribution in [3.63, 3.8) is 0 Å². The van der Waals surface area contributed by atoms with E-state index in [2.05, 4.69) is 0 Å². The molecule has 122 valence electrons. The van der Waals surface area contributed by atoms with Gasteiger partial charge in [-0.15, -0.1) is 0 Å². The Morgan fingerprint density at radius 2 is 1.52 bits per heavy atom. The van der Waals surface area contributed by atoms with E-state index in [9.17, 15) is 4.79 Å². The van der Waals surface area contributed by atoms with Crippen LogP contribution < -0.4 is 14.2 Å². The smallest absolute Gasteiger partial charge is 0.310 e. The van der Waals surface area contributed by atoms with E-state index in [-0.39, 0.29) is 12.4 Å². The maximum atomic E-state index is 11.7. The average Bonchev–Trinajstić information content (AvgIpc) is 2.57. The van der Waals surface area contributed by atoms with Crippen molar-refractivity contribution in [1.29, 1.82) is 0 Å². The lowest BCUT2D eigenvalue weighted by Gasteiger charge is -2.15. The molecule has 2 rings (SSSR count). The number of ether oxygens (including phenoxy) is 4. The molecule has 0 heterocycles. The Morgan fingerprint density at radius 1 is 0.913 bits per heavy atom. The third-order valence-corrected chi connectivity index (χ3v) is 3.21. The zero-order chi connectivity index (χ0) is 16.7. The van der Waals surface area contributed by atoms with Crippen molar-refractivity contribution in [2.24, 2.45) is 0 Å². The molecule has 0 radical (unpaired) electrons. The predicted molar refractivity (Wildman–Crippen MR) is 86.4 cm³/mol. The van der Waals surface area contributed by atoms with Gasteiger partial charge in [-0.3, -0.25) is 4.79 Å². The number of benzene rings is 2. The second kappa shape index (κ2) is 8.08. The van der Waals surface area contributed by atoms with Crippen LogP contribution in [0.3, 0.4) is 0 Å². The number of hydrogen-bond acceptors (Lipinski definition) is 5. The average molecular weight is 316 g/mol. The van der Waals surface area contributed by atoms with Gasteiger partial charge in [-0.05, 0) is 25.1 Å². The standard InChI is InChI=1S/C18H20O5/c1-4-22-17(19)12-13-8-5-6-9-14(13)23-18-15(20-2)10-7-11-16(18)21-3/h5-11H,4,12H2,1-3H3. The molecular weight excluding hydrogens is 296 g/mol. The molecule has 0 amide bonds. The molecule has 0 aromatic heterocycles. The predicted octanol–water partition coefficient (Wildman–Crippen LogP) is 3.60. The summed E-state index contributed by atoms with van der Waals surface area (Å²) >= 11 is 0. The summed E-state index contributed by atoms with van der Waals surface area (Å²) in [6, 6.07) is 12.7. The molecule has 0 bridgehead atoms. The molecule has 0 aliphatic carbocycles. The number of rotatable bonds is 7. The Kier molecular flexibility index (Phi) is 5.86. The highest BCUT2D eigenvalue weighted by atomic mass is 16.5. The van der Waals surface area contributed by atoms with Crippen LogP contribution in [0, 0.1) is 0 Å². The van der Waals surface area contributed by atoms with Gasteiger partial charge in [-0.2, -0.15) is 0 Å². The van der Waals surface area contributed by atoms with Crippen molar-refractivity contribution in [3.05, 3.63) is 48.0 Å². The normalized spacial score (nSPS) is 10.0. The van der Waals surface area contributed by atoms with Gasteiger partial charge in [0.15, 0.2) is 11.5 Å². The van der Waals surface area contributed by atoms with Gasteiger partial charge in [-0.25, -0.2) is 0 Å². The van der Waals surface area contributed by atoms with Crippen LogP contribution in [-0.4, -0.2) is 26.8 Å². The summed E-state index contributed by atoms with van der Waals surface area (Å²) in [7, 11) is 3.12. The van der Waals surface area contributed by atoms with Gasteiger partial charge < -0.3 is 18.9 Å². The molecule has 0 aliphatic rings. The molecule has 0 atom stereocenters. The topological polar surface area (TPSA) is 54.0 Å². The van der Waals surface area contributed by atoms with Crippen LogP contribution in [0.2, 0.25) is 0 Å². The van der Waals surface area contributed by atoms with Crippen molar-refractivity contribution >= 4 is 5.97 Å². The van der Waals surface area contributed by atoms with Gasteiger partial charge in [0.2, 0.25) is 5.75 Å². The maximum Gasteiger partial charge on any atom is 0.310 e. The zero-order valence-corrected chi connectivity index (χ0v) is 13.5. The lowest BCUT2D eigenvalue weighted by molar-refractivity contribution is -0.142. The van der Waals surface area contributed by atoms with Gasteiger partial charge in [0.25, 0.3) is 0 Å². The summed E-state index contributed by atoms with van der Waals surface area (Å²) < 4.78 is 21.6. The molecule has 0 unspecified atom stereocenters. The Morgan fingerprint density at radius 3 is 2.13 bits per heavy atom. The summed E-state index contributed by atoms with van der Waals surface area (Å²) in [5.74, 6) is 1.83. The van der Waals surface area contributed by atoms with Crippen molar-refractivity contribution < 1.29 is 23.7 Å². The number of carbonyl (C=O) groups is 1. The zero-order valence-electron chi connectivity index (χ0n) is 13.5. The lowest BCUT2D eigenvalue weighted by atomic mass is 10.1. The van der Waals surface area contributed by atoms with E-state index < -0.39 is 0 Å². The van der Waals surface area contributed by atoms with Crippen LogP contribution >= 0.6 is 0 Å². The molecule has 0 aliphatic heterocycles. The first-order chi connectivity index (χ1) is 11.2. The van der Waals surface area contributed by atoms with Crippen LogP contribution in [-0.2, 0) is 16.0 Å². The van der Waals surface area contributed by atoms with Gasteiger partial charge in [-0.1, -0.05) is 24.3 Å². The highest BCUT2D eigenvalue weighted by Crippen LogP contribution is 2.40. The quantitative estimate of drug-likeness (QED) is 0.731. The van der Waals surface area contributed by atoms with Crippen molar-refractivity contribution in [2.45, 2.75) is 13.3 Å². The molecule has 0 spiro atoms. The SMILES string of the molecule is CCOC(=O)Cc1ccccc1Oc1c(OC)cccc1OC. The summed E-state index contributed by atoms with van der Waals surface area (Å²) in [5, 5.41) is 0. The highest BCUT2D eigenvalue weighted by Gasteiger charge is 2.16. The fourth-order valence-corrected chi connectivity index (χ4v) is 2.14. The van der Waals surface area contributed by atoms with E-state index >= 15 is 0 Å². The van der Waals surface area contributed by atoms with Gasteiger partial charge in [0.1, 0.15) is 5.75 Å². The van der Waals surface area contributed by atoms with E-state index in [1.54, 1.807) is 39.3 Å². The molecule has 0 N–H and O–H groups in total. The first-order valence-electron chi connectivity index (χ1n) is 7.32. The van der Waals surface area contributed by atoms with E-state index in [4.69, 9.17) is 18.9 Å². The largest absolute Gasteiger partial charge is 0.493 e. The second-order valence-corrected chi connectivity index (χ2v) is 4.68. The molecule has 0 saturated carbocycles. The summed E-state index contributed by atoms with van der Waals surface area (Å²) in [4.78, 5) is 11.7. The van der Waals surface area contributed by atoms with E-state index in [0.29, 0.717) is 29.6 Å². The number of esters is 1. The summed E-state index contributed by atoms with van der Waals surface area (Å²) in [6.07, 6.45) is 0.140. The molecule has 0 saturated heterocycles. The van der Waals surface area contributed by atoms with Crippen LogP contribution in [0.25, 0.3) is 0 Å². The van der Waals surface area contributed by atoms with Gasteiger partial charge >= 0.3 is 5.97 Å². The minimum Gasteiger partial charge on any atom is -0.493 e. The Hall–Kier alpha value is -2.69. The van der Waals surface area contributed by atoms with E-state index in [1.165, 1.54) is 0 Å². The minimum absolute atomic E-state index is 0.140. The maximum absolute atomic E-state index is 11.7. The second-order valence-electron chi connectivity index (χ2n) is 4.68. The van der Waals surface area contributed by atoms with Crippen molar-refractivity contribution in [1.82, 2.24) is 0 Å². The molecule has 5 nitrogen and oxygen atoms in total.